The van der Waals surface area contributed by atoms with Gasteiger partial charge in [0.05, 0.1) is 19.1 Å². The molecular weight excluding hydrogens is 286 g/mol. The molecule has 23 heavy (non-hydrogen) atoms. The van der Waals surface area contributed by atoms with E-state index in [1.807, 2.05) is 23.1 Å². The van der Waals surface area contributed by atoms with Gasteiger partial charge in [-0.05, 0) is 30.7 Å². The fraction of sp³-hybridized carbons (Fsp3) is 0.550. The molecule has 0 radical (unpaired) electrons. The maximum atomic E-state index is 13.0. The lowest BCUT2D eigenvalue weighted by Crippen LogP contribution is -2.43. The average molecular weight is 313 g/mol. The van der Waals surface area contributed by atoms with Crippen molar-refractivity contribution in [3.63, 3.8) is 0 Å². The van der Waals surface area contributed by atoms with Crippen LogP contribution in [-0.2, 0) is 9.53 Å². The summed E-state index contributed by atoms with van der Waals surface area (Å²) in [5.41, 5.74) is 2.53. The van der Waals surface area contributed by atoms with Gasteiger partial charge in [-0.25, -0.2) is 0 Å². The molecule has 1 aromatic carbocycles. The van der Waals surface area contributed by atoms with Crippen LogP contribution in [0.15, 0.2) is 42.0 Å². The predicted octanol–water partition coefficient (Wildman–Crippen LogP) is 3.82. The summed E-state index contributed by atoms with van der Waals surface area (Å²) in [6.45, 7) is 10.6. The van der Waals surface area contributed by atoms with Crippen LogP contribution in [0.25, 0.3) is 0 Å². The van der Waals surface area contributed by atoms with Crippen LogP contribution >= 0.6 is 0 Å². The van der Waals surface area contributed by atoms with Crippen molar-refractivity contribution in [2.75, 3.05) is 19.7 Å². The number of carbonyl (C=O) groups excluding carboxylic acids is 1. The van der Waals surface area contributed by atoms with Crippen LogP contribution in [0.3, 0.4) is 0 Å². The maximum Gasteiger partial charge on any atom is 0.227 e. The molecule has 1 aliphatic heterocycles. The Morgan fingerprint density at radius 1 is 1.26 bits per heavy atom. The number of ether oxygens (including phenoxy) is 1. The Bertz CT molecular complexity index is 601. The lowest BCUT2D eigenvalue weighted by atomic mass is 10.1. The maximum absolute atomic E-state index is 13.0. The molecule has 1 heterocycles. The quantitative estimate of drug-likeness (QED) is 0.794. The Labute approximate surface area is 139 Å². The number of rotatable bonds is 3. The largest absolute Gasteiger partial charge is 0.370 e. The summed E-state index contributed by atoms with van der Waals surface area (Å²) in [7, 11) is 0. The van der Waals surface area contributed by atoms with Crippen LogP contribution in [0.1, 0.15) is 39.4 Å². The molecule has 0 N–H and O–H groups in total. The predicted molar refractivity (Wildman–Crippen MR) is 91.9 cm³/mol. The molecule has 1 aliphatic carbocycles. The molecule has 1 amide bonds. The van der Waals surface area contributed by atoms with E-state index in [2.05, 4.69) is 45.9 Å². The molecule has 2 aliphatic rings. The van der Waals surface area contributed by atoms with Crippen molar-refractivity contribution in [1.82, 2.24) is 4.90 Å². The van der Waals surface area contributed by atoms with Crippen LogP contribution in [0, 0.1) is 17.3 Å². The number of allylic oxidation sites excluding steroid dienone is 2. The Kier molecular flexibility index (Phi) is 4.33. The van der Waals surface area contributed by atoms with E-state index in [1.165, 1.54) is 5.57 Å². The van der Waals surface area contributed by atoms with Gasteiger partial charge >= 0.3 is 0 Å². The second-order valence-electron chi connectivity index (χ2n) is 7.62. The highest BCUT2D eigenvalue weighted by atomic mass is 16.5. The van der Waals surface area contributed by atoms with Crippen LogP contribution in [-0.4, -0.2) is 30.5 Å². The molecule has 124 valence electrons. The number of benzene rings is 1. The van der Waals surface area contributed by atoms with E-state index < -0.39 is 0 Å². The van der Waals surface area contributed by atoms with Gasteiger partial charge in [-0.3, -0.25) is 4.79 Å². The molecule has 1 saturated carbocycles. The highest BCUT2D eigenvalue weighted by Gasteiger charge is 2.61. The zero-order valence-electron chi connectivity index (χ0n) is 14.6. The zero-order valence-corrected chi connectivity index (χ0v) is 14.6. The summed E-state index contributed by atoms with van der Waals surface area (Å²) in [6, 6.07) is 10.2. The second kappa shape index (κ2) is 6.12. The highest BCUT2D eigenvalue weighted by Crippen LogP contribution is 2.60. The standard InChI is InChI=1S/C20H27NO2/c1-14(2)12-16-18(20(16,3)4)19(22)21-10-11-23-17(13-21)15-8-6-5-7-9-15/h5-9,12,16-18H,10-11,13H2,1-4H3. The molecule has 3 atom stereocenters. The first-order chi connectivity index (χ1) is 10.9. The summed E-state index contributed by atoms with van der Waals surface area (Å²) in [5, 5.41) is 0. The second-order valence-corrected chi connectivity index (χ2v) is 7.62. The first-order valence-electron chi connectivity index (χ1n) is 8.51. The minimum absolute atomic E-state index is 0.00216. The van der Waals surface area contributed by atoms with Crippen molar-refractivity contribution in [1.29, 1.82) is 0 Å². The fourth-order valence-electron chi connectivity index (χ4n) is 3.74. The van der Waals surface area contributed by atoms with Crippen LogP contribution in [0.5, 0.6) is 0 Å². The highest BCUT2D eigenvalue weighted by molar-refractivity contribution is 5.84. The van der Waals surface area contributed by atoms with E-state index >= 15 is 0 Å². The minimum Gasteiger partial charge on any atom is -0.370 e. The van der Waals surface area contributed by atoms with Crippen molar-refractivity contribution in [2.24, 2.45) is 17.3 Å². The monoisotopic (exact) mass is 313 g/mol. The summed E-state index contributed by atoms with van der Waals surface area (Å²) in [6.07, 6.45) is 2.26. The fourth-order valence-corrected chi connectivity index (χ4v) is 3.74. The summed E-state index contributed by atoms with van der Waals surface area (Å²) in [4.78, 5) is 15.0. The van der Waals surface area contributed by atoms with Gasteiger partial charge in [-0.1, -0.05) is 55.8 Å². The summed E-state index contributed by atoms with van der Waals surface area (Å²) >= 11 is 0. The number of amides is 1. The van der Waals surface area contributed by atoms with Gasteiger partial charge in [0.25, 0.3) is 0 Å². The van der Waals surface area contributed by atoms with Gasteiger partial charge in [0.15, 0.2) is 0 Å². The smallest absolute Gasteiger partial charge is 0.227 e. The SMILES string of the molecule is CC(C)=CC1C(C(=O)N2CCOC(c3ccccc3)C2)C1(C)C. The molecule has 3 unspecified atom stereocenters. The van der Waals surface area contributed by atoms with Gasteiger partial charge in [0, 0.05) is 6.54 Å². The van der Waals surface area contributed by atoms with Gasteiger partial charge in [0.1, 0.15) is 6.10 Å². The van der Waals surface area contributed by atoms with Crippen molar-refractivity contribution in [3.05, 3.63) is 47.5 Å². The molecule has 3 heteroatoms. The molecule has 0 aromatic heterocycles. The number of nitrogens with zero attached hydrogens (tertiary/aromatic N) is 1. The van der Waals surface area contributed by atoms with Crippen molar-refractivity contribution in [2.45, 2.75) is 33.8 Å². The molecular formula is C20H27NO2. The van der Waals surface area contributed by atoms with Crippen molar-refractivity contribution < 1.29 is 9.53 Å². The number of carbonyl (C=O) groups is 1. The Balaban J connectivity index is 1.70. The Morgan fingerprint density at radius 2 is 1.96 bits per heavy atom. The van der Waals surface area contributed by atoms with E-state index in [0.29, 0.717) is 31.5 Å². The van der Waals surface area contributed by atoms with Gasteiger partial charge in [-0.2, -0.15) is 0 Å². The van der Waals surface area contributed by atoms with E-state index in [9.17, 15) is 4.79 Å². The first kappa shape index (κ1) is 16.3. The average Bonchev–Trinajstić information content (AvgIpc) is 3.07. The lowest BCUT2D eigenvalue weighted by molar-refractivity contribution is -0.141. The van der Waals surface area contributed by atoms with Crippen molar-refractivity contribution >= 4 is 5.91 Å². The third-order valence-electron chi connectivity index (χ3n) is 5.24. The Morgan fingerprint density at radius 3 is 2.61 bits per heavy atom. The van der Waals surface area contributed by atoms with E-state index in [-0.39, 0.29) is 17.4 Å². The number of hydrogen-bond acceptors (Lipinski definition) is 2. The minimum atomic E-state index is -0.00216. The van der Waals surface area contributed by atoms with Crippen LogP contribution < -0.4 is 0 Å². The number of morpholine rings is 1. The van der Waals surface area contributed by atoms with Crippen molar-refractivity contribution in [3.8, 4) is 0 Å². The molecule has 3 rings (SSSR count). The third-order valence-corrected chi connectivity index (χ3v) is 5.24. The van der Waals surface area contributed by atoms with Gasteiger partial charge in [0.2, 0.25) is 5.91 Å². The zero-order chi connectivity index (χ0) is 16.6. The third kappa shape index (κ3) is 3.20. The van der Waals surface area contributed by atoms with Gasteiger partial charge in [-0.15, -0.1) is 0 Å². The van der Waals surface area contributed by atoms with E-state index in [1.54, 1.807) is 0 Å². The van der Waals surface area contributed by atoms with Crippen LogP contribution in [0.2, 0.25) is 0 Å². The molecule has 3 nitrogen and oxygen atoms in total. The Hall–Kier alpha value is -1.61. The molecule has 1 aromatic rings. The lowest BCUT2D eigenvalue weighted by Gasteiger charge is -2.33. The molecule has 2 fully saturated rings. The normalized spacial score (nSPS) is 29.0. The van der Waals surface area contributed by atoms with Gasteiger partial charge < -0.3 is 9.64 Å². The topological polar surface area (TPSA) is 29.5 Å². The van der Waals surface area contributed by atoms with E-state index in [4.69, 9.17) is 4.74 Å². The summed E-state index contributed by atoms with van der Waals surface area (Å²) in [5.74, 6) is 0.784. The van der Waals surface area contributed by atoms with E-state index in [0.717, 1.165) is 5.56 Å². The molecule has 0 bridgehead atoms. The molecule has 0 spiro atoms. The summed E-state index contributed by atoms with van der Waals surface area (Å²) < 4.78 is 5.88. The van der Waals surface area contributed by atoms with Crippen LogP contribution in [0.4, 0.5) is 0 Å². The first-order valence-corrected chi connectivity index (χ1v) is 8.51. The molecule has 1 saturated heterocycles. The number of hydrogen-bond donors (Lipinski definition) is 0.